The van der Waals surface area contributed by atoms with Gasteiger partial charge in [-0.2, -0.15) is 0 Å². The van der Waals surface area contributed by atoms with E-state index in [1.807, 2.05) is 32.0 Å². The van der Waals surface area contributed by atoms with Crippen LogP contribution in [0.5, 0.6) is 5.75 Å². The molecule has 2 amide bonds. The largest absolute Gasteiger partial charge is 0.492 e. The second kappa shape index (κ2) is 7.14. The third-order valence-corrected chi connectivity index (χ3v) is 3.20. The Morgan fingerprint density at radius 1 is 1.50 bits per heavy atom. The van der Waals surface area contributed by atoms with E-state index in [-0.39, 0.29) is 12.1 Å². The minimum atomic E-state index is -0.231. The van der Waals surface area contributed by atoms with Crippen LogP contribution in [0.4, 0.5) is 10.5 Å². The number of hydrogen-bond donors (Lipinski definition) is 2. The van der Waals surface area contributed by atoms with Gasteiger partial charge >= 0.3 is 6.03 Å². The molecule has 0 aliphatic carbocycles. The fraction of sp³-hybridized carbons (Fsp3) is 0.533. The summed E-state index contributed by atoms with van der Waals surface area (Å²) < 4.78 is 11.0. The van der Waals surface area contributed by atoms with E-state index in [9.17, 15) is 4.79 Å². The summed E-state index contributed by atoms with van der Waals surface area (Å²) in [5.41, 5.74) is 1.78. The summed E-state index contributed by atoms with van der Waals surface area (Å²) in [4.78, 5) is 11.9. The van der Waals surface area contributed by atoms with E-state index in [2.05, 4.69) is 10.6 Å². The number of rotatable bonds is 5. The first kappa shape index (κ1) is 14.7. The van der Waals surface area contributed by atoms with Crippen LogP contribution in [0.25, 0.3) is 0 Å². The highest BCUT2D eigenvalue weighted by Gasteiger charge is 2.16. The zero-order chi connectivity index (χ0) is 14.4. The van der Waals surface area contributed by atoms with E-state index >= 15 is 0 Å². The van der Waals surface area contributed by atoms with Crippen molar-refractivity contribution in [2.75, 3.05) is 25.1 Å². The highest BCUT2D eigenvalue weighted by molar-refractivity contribution is 5.91. The van der Waals surface area contributed by atoms with Crippen molar-refractivity contribution < 1.29 is 14.3 Å². The Bertz CT molecular complexity index is 456. The number of urea groups is 1. The van der Waals surface area contributed by atoms with Gasteiger partial charge in [-0.05, 0) is 44.4 Å². The Balaban J connectivity index is 1.89. The Morgan fingerprint density at radius 2 is 2.35 bits per heavy atom. The number of benzene rings is 1. The van der Waals surface area contributed by atoms with Gasteiger partial charge in [0.1, 0.15) is 5.75 Å². The smallest absolute Gasteiger partial charge is 0.319 e. The van der Waals surface area contributed by atoms with Crippen molar-refractivity contribution in [3.8, 4) is 5.75 Å². The lowest BCUT2D eigenvalue weighted by atomic mass is 10.2. The number of carbonyl (C=O) groups excluding carboxylic acids is 1. The molecule has 1 unspecified atom stereocenters. The molecule has 1 aromatic carbocycles. The molecule has 0 radical (unpaired) electrons. The van der Waals surface area contributed by atoms with Gasteiger partial charge < -0.3 is 20.1 Å². The van der Waals surface area contributed by atoms with Crippen LogP contribution in [0.15, 0.2) is 18.2 Å². The van der Waals surface area contributed by atoms with Crippen molar-refractivity contribution in [1.29, 1.82) is 0 Å². The van der Waals surface area contributed by atoms with Crippen LogP contribution in [-0.4, -0.2) is 31.9 Å². The van der Waals surface area contributed by atoms with Crippen LogP contribution < -0.4 is 15.4 Å². The maximum atomic E-state index is 11.9. The van der Waals surface area contributed by atoms with E-state index < -0.39 is 0 Å². The average Bonchev–Trinajstić information content (AvgIpc) is 2.93. The van der Waals surface area contributed by atoms with Gasteiger partial charge in [0, 0.05) is 13.2 Å². The Hall–Kier alpha value is -1.75. The molecule has 110 valence electrons. The minimum Gasteiger partial charge on any atom is -0.492 e. The molecule has 1 fully saturated rings. The van der Waals surface area contributed by atoms with E-state index in [1.54, 1.807) is 0 Å². The first-order chi connectivity index (χ1) is 9.69. The van der Waals surface area contributed by atoms with Gasteiger partial charge in [0.15, 0.2) is 0 Å². The predicted molar refractivity (Wildman–Crippen MR) is 78.3 cm³/mol. The third kappa shape index (κ3) is 4.13. The second-order valence-electron chi connectivity index (χ2n) is 4.90. The van der Waals surface area contributed by atoms with Crippen molar-refractivity contribution in [1.82, 2.24) is 5.32 Å². The Morgan fingerprint density at radius 3 is 3.05 bits per heavy atom. The van der Waals surface area contributed by atoms with E-state index in [1.165, 1.54) is 0 Å². The molecule has 0 aromatic heterocycles. The summed E-state index contributed by atoms with van der Waals surface area (Å²) in [6.45, 7) is 5.81. The number of aryl methyl sites for hydroxylation is 1. The second-order valence-corrected chi connectivity index (χ2v) is 4.90. The Labute approximate surface area is 119 Å². The third-order valence-electron chi connectivity index (χ3n) is 3.20. The quantitative estimate of drug-likeness (QED) is 0.870. The van der Waals surface area contributed by atoms with Gasteiger partial charge in [0.2, 0.25) is 0 Å². The fourth-order valence-corrected chi connectivity index (χ4v) is 2.19. The molecule has 0 saturated carbocycles. The topological polar surface area (TPSA) is 59.6 Å². The van der Waals surface area contributed by atoms with Gasteiger partial charge in [-0.1, -0.05) is 6.07 Å². The van der Waals surface area contributed by atoms with Crippen LogP contribution in [0.3, 0.4) is 0 Å². The number of nitrogens with one attached hydrogen (secondary N) is 2. The Kier molecular flexibility index (Phi) is 5.24. The highest BCUT2D eigenvalue weighted by Crippen LogP contribution is 2.25. The SMILES string of the molecule is CCOc1cc(C)ccc1NC(=O)NCC1CCCO1. The predicted octanol–water partition coefficient (Wildman–Crippen LogP) is 2.69. The van der Waals surface area contributed by atoms with E-state index in [0.29, 0.717) is 24.6 Å². The van der Waals surface area contributed by atoms with Gasteiger partial charge in [0.05, 0.1) is 18.4 Å². The molecule has 2 N–H and O–H groups in total. The zero-order valence-electron chi connectivity index (χ0n) is 12.1. The molecule has 0 spiro atoms. The maximum absolute atomic E-state index is 11.9. The summed E-state index contributed by atoms with van der Waals surface area (Å²) in [6.07, 6.45) is 2.22. The summed E-state index contributed by atoms with van der Waals surface area (Å²) in [5, 5.41) is 5.64. The maximum Gasteiger partial charge on any atom is 0.319 e. The zero-order valence-corrected chi connectivity index (χ0v) is 12.1. The minimum absolute atomic E-state index is 0.144. The van der Waals surface area contributed by atoms with Gasteiger partial charge in [0.25, 0.3) is 0 Å². The number of hydrogen-bond acceptors (Lipinski definition) is 3. The van der Waals surface area contributed by atoms with Crippen LogP contribution >= 0.6 is 0 Å². The van der Waals surface area contributed by atoms with Crippen molar-refractivity contribution in [3.05, 3.63) is 23.8 Å². The summed E-state index contributed by atoms with van der Waals surface area (Å²) in [7, 11) is 0. The van der Waals surface area contributed by atoms with E-state index in [4.69, 9.17) is 9.47 Å². The van der Waals surface area contributed by atoms with Gasteiger partial charge in [-0.15, -0.1) is 0 Å². The van der Waals surface area contributed by atoms with Gasteiger partial charge in [-0.3, -0.25) is 0 Å². The summed E-state index contributed by atoms with van der Waals surface area (Å²) in [6, 6.07) is 5.48. The lowest BCUT2D eigenvalue weighted by Gasteiger charge is -2.14. The summed E-state index contributed by atoms with van der Waals surface area (Å²) >= 11 is 0. The van der Waals surface area contributed by atoms with Crippen LogP contribution in [0, 0.1) is 6.92 Å². The molecule has 5 nitrogen and oxygen atoms in total. The van der Waals surface area contributed by atoms with Crippen molar-refractivity contribution in [3.63, 3.8) is 0 Å². The molecular weight excluding hydrogens is 256 g/mol. The van der Waals surface area contributed by atoms with Crippen molar-refractivity contribution in [2.45, 2.75) is 32.8 Å². The lowest BCUT2D eigenvalue weighted by Crippen LogP contribution is -2.35. The first-order valence-electron chi connectivity index (χ1n) is 7.09. The van der Waals surface area contributed by atoms with Crippen LogP contribution in [0.2, 0.25) is 0 Å². The molecule has 1 atom stereocenters. The normalized spacial score (nSPS) is 17.8. The van der Waals surface area contributed by atoms with Crippen LogP contribution in [0.1, 0.15) is 25.3 Å². The molecule has 0 bridgehead atoms. The van der Waals surface area contributed by atoms with Gasteiger partial charge in [-0.25, -0.2) is 4.79 Å². The number of ether oxygens (including phenoxy) is 2. The number of amides is 2. The van der Waals surface area contributed by atoms with Crippen molar-refractivity contribution in [2.24, 2.45) is 0 Å². The van der Waals surface area contributed by atoms with E-state index in [0.717, 1.165) is 25.0 Å². The molecule has 1 aromatic rings. The number of carbonyl (C=O) groups is 1. The van der Waals surface area contributed by atoms with Crippen molar-refractivity contribution >= 4 is 11.7 Å². The van der Waals surface area contributed by atoms with Crippen LogP contribution in [-0.2, 0) is 4.74 Å². The molecule has 1 aliphatic heterocycles. The molecule has 1 saturated heterocycles. The highest BCUT2D eigenvalue weighted by atomic mass is 16.5. The molecule has 1 heterocycles. The standard InChI is InChI=1S/C15H22N2O3/c1-3-19-14-9-11(2)6-7-13(14)17-15(18)16-10-12-5-4-8-20-12/h6-7,9,12H,3-5,8,10H2,1-2H3,(H2,16,17,18). The molecule has 1 aliphatic rings. The molecule has 5 heteroatoms. The average molecular weight is 278 g/mol. The molecule has 2 rings (SSSR count). The first-order valence-corrected chi connectivity index (χ1v) is 7.09. The fourth-order valence-electron chi connectivity index (χ4n) is 2.19. The number of anilines is 1. The monoisotopic (exact) mass is 278 g/mol. The summed E-state index contributed by atoms with van der Waals surface area (Å²) in [5.74, 6) is 0.694. The molecule has 20 heavy (non-hydrogen) atoms. The lowest BCUT2D eigenvalue weighted by molar-refractivity contribution is 0.112. The molecular formula is C15H22N2O3.